The number of aldehydes is 1. The van der Waals surface area contributed by atoms with Crippen molar-refractivity contribution in [3.8, 4) is 11.8 Å². The number of hydrogen-bond acceptors (Lipinski definition) is 2. The first-order valence-corrected chi connectivity index (χ1v) is 2.44. The predicted octanol–water partition coefficient (Wildman–Crippen LogP) is -0.0404. The van der Waals surface area contributed by atoms with Gasteiger partial charge in [-0.2, -0.15) is 0 Å². The lowest BCUT2D eigenvalue weighted by atomic mass is 10.3. The van der Waals surface area contributed by atoms with Gasteiger partial charge in [-0.05, 0) is 12.3 Å². The van der Waals surface area contributed by atoms with Gasteiger partial charge >= 0.3 is 0 Å². The van der Waals surface area contributed by atoms with Crippen LogP contribution in [-0.2, 0) is 4.79 Å². The van der Waals surface area contributed by atoms with Crippen molar-refractivity contribution in [2.75, 3.05) is 0 Å². The number of aliphatic hydroxyl groups excluding tert-OH is 1. The molecule has 0 saturated heterocycles. The number of carbonyl (C=O) groups is 1. The highest BCUT2D eigenvalue weighted by atomic mass is 16.3. The maximum Gasteiger partial charge on any atom is 0.192 e. The molecule has 1 N–H and O–H groups in total. The van der Waals surface area contributed by atoms with Crippen molar-refractivity contribution in [1.29, 1.82) is 0 Å². The van der Waals surface area contributed by atoms with Crippen LogP contribution in [0.4, 0.5) is 0 Å². The molecule has 0 aromatic carbocycles. The molecule has 0 fully saturated rings. The van der Waals surface area contributed by atoms with Gasteiger partial charge in [-0.3, -0.25) is 4.79 Å². The van der Waals surface area contributed by atoms with Crippen LogP contribution in [0, 0.1) is 11.8 Å². The molecule has 1 atom stereocenters. The van der Waals surface area contributed by atoms with Crippen LogP contribution in [0.5, 0.6) is 0 Å². The summed E-state index contributed by atoms with van der Waals surface area (Å²) >= 11 is 0. The van der Waals surface area contributed by atoms with E-state index in [1.54, 1.807) is 6.92 Å². The van der Waals surface area contributed by atoms with Gasteiger partial charge in [0, 0.05) is 0 Å². The summed E-state index contributed by atoms with van der Waals surface area (Å²) in [6.07, 6.45) is 0.403. The molecule has 0 aromatic heterocycles. The second-order valence-electron chi connectivity index (χ2n) is 1.33. The molecular formula is C6H8O2. The van der Waals surface area contributed by atoms with Crippen LogP contribution >= 0.6 is 0 Å². The summed E-state index contributed by atoms with van der Waals surface area (Å²) < 4.78 is 0. The zero-order valence-electron chi connectivity index (χ0n) is 4.72. The largest absolute Gasteiger partial charge is 0.380 e. The fourth-order valence-corrected chi connectivity index (χ4v) is 0.232. The number of hydrogen-bond donors (Lipinski definition) is 1. The van der Waals surface area contributed by atoms with Gasteiger partial charge in [0.2, 0.25) is 0 Å². The van der Waals surface area contributed by atoms with E-state index in [9.17, 15) is 4.79 Å². The van der Waals surface area contributed by atoms with E-state index in [0.717, 1.165) is 0 Å². The van der Waals surface area contributed by atoms with E-state index in [1.165, 1.54) is 0 Å². The Morgan fingerprint density at radius 1 is 1.88 bits per heavy atom. The third kappa shape index (κ3) is 3.38. The Labute approximate surface area is 48.5 Å². The van der Waals surface area contributed by atoms with E-state index >= 15 is 0 Å². The number of carbonyl (C=O) groups excluding carboxylic acids is 1. The molecule has 0 bridgehead atoms. The first kappa shape index (κ1) is 7.19. The van der Waals surface area contributed by atoms with Gasteiger partial charge in [0.15, 0.2) is 6.29 Å². The molecule has 0 rings (SSSR count). The van der Waals surface area contributed by atoms with E-state index in [-0.39, 0.29) is 0 Å². The van der Waals surface area contributed by atoms with Crippen LogP contribution in [0.3, 0.4) is 0 Å². The summed E-state index contributed by atoms with van der Waals surface area (Å²) in [4.78, 5) is 9.54. The first-order chi connectivity index (χ1) is 3.81. The average Bonchev–Trinajstić information content (AvgIpc) is 1.83. The van der Waals surface area contributed by atoms with Crippen molar-refractivity contribution in [2.45, 2.75) is 19.4 Å². The predicted molar refractivity (Wildman–Crippen MR) is 30.1 cm³/mol. The lowest BCUT2D eigenvalue weighted by Gasteiger charge is -1.91. The van der Waals surface area contributed by atoms with Gasteiger partial charge in [-0.25, -0.2) is 0 Å². The van der Waals surface area contributed by atoms with Gasteiger partial charge in [0.25, 0.3) is 0 Å². The van der Waals surface area contributed by atoms with Crippen LogP contribution in [0.1, 0.15) is 13.3 Å². The SMILES string of the molecule is CCC(O)C#CC=O. The Morgan fingerprint density at radius 3 is 2.88 bits per heavy atom. The topological polar surface area (TPSA) is 37.3 Å². The Balaban J connectivity index is 3.50. The van der Waals surface area contributed by atoms with Crippen LogP contribution in [-0.4, -0.2) is 17.5 Å². The molecule has 0 aliphatic carbocycles. The molecule has 0 aliphatic heterocycles. The zero-order chi connectivity index (χ0) is 6.41. The third-order valence-corrected chi connectivity index (χ3v) is 0.696. The smallest absolute Gasteiger partial charge is 0.192 e. The molecule has 0 heterocycles. The average molecular weight is 112 g/mol. The number of aliphatic hydroxyl groups is 1. The molecule has 0 saturated carbocycles. The van der Waals surface area contributed by atoms with Crippen molar-refractivity contribution >= 4 is 6.29 Å². The maximum atomic E-state index is 9.54. The van der Waals surface area contributed by atoms with E-state index in [0.29, 0.717) is 12.7 Å². The maximum absolute atomic E-state index is 9.54. The van der Waals surface area contributed by atoms with Crippen LogP contribution in [0.2, 0.25) is 0 Å². The minimum atomic E-state index is -0.639. The Bertz CT molecular complexity index is 118. The summed E-state index contributed by atoms with van der Waals surface area (Å²) in [7, 11) is 0. The van der Waals surface area contributed by atoms with E-state index in [4.69, 9.17) is 5.11 Å². The molecule has 2 nitrogen and oxygen atoms in total. The van der Waals surface area contributed by atoms with Crippen molar-refractivity contribution in [3.63, 3.8) is 0 Å². The Hall–Kier alpha value is -0.810. The molecule has 44 valence electrons. The number of rotatable bonds is 1. The molecule has 0 radical (unpaired) electrons. The lowest BCUT2D eigenvalue weighted by Crippen LogP contribution is -1.98. The second-order valence-corrected chi connectivity index (χ2v) is 1.33. The van der Waals surface area contributed by atoms with Crippen LogP contribution in [0.15, 0.2) is 0 Å². The minimum absolute atomic E-state index is 0.471. The molecular weight excluding hydrogens is 104 g/mol. The minimum Gasteiger partial charge on any atom is -0.380 e. The standard InChI is InChI=1S/C6H8O2/c1-2-6(8)4-3-5-7/h5-6,8H,2H2,1H3. The van der Waals surface area contributed by atoms with Crippen LogP contribution < -0.4 is 0 Å². The van der Waals surface area contributed by atoms with Crippen molar-refractivity contribution in [3.05, 3.63) is 0 Å². The highest BCUT2D eigenvalue weighted by molar-refractivity contribution is 5.72. The summed E-state index contributed by atoms with van der Waals surface area (Å²) in [6.45, 7) is 1.80. The van der Waals surface area contributed by atoms with Crippen molar-refractivity contribution in [2.24, 2.45) is 0 Å². The van der Waals surface area contributed by atoms with E-state index < -0.39 is 6.10 Å². The van der Waals surface area contributed by atoms with Gasteiger partial charge in [-0.1, -0.05) is 12.8 Å². The highest BCUT2D eigenvalue weighted by Gasteiger charge is 1.88. The monoisotopic (exact) mass is 112 g/mol. The molecule has 0 aliphatic rings. The van der Waals surface area contributed by atoms with E-state index in [2.05, 4.69) is 11.8 Å². The molecule has 8 heavy (non-hydrogen) atoms. The quantitative estimate of drug-likeness (QED) is 0.381. The van der Waals surface area contributed by atoms with Gasteiger partial charge < -0.3 is 5.11 Å². The normalized spacial score (nSPS) is 11.2. The Morgan fingerprint density at radius 2 is 2.50 bits per heavy atom. The molecule has 0 amide bonds. The van der Waals surface area contributed by atoms with Crippen molar-refractivity contribution < 1.29 is 9.90 Å². The summed E-state index contributed by atoms with van der Waals surface area (Å²) in [5, 5.41) is 8.66. The summed E-state index contributed by atoms with van der Waals surface area (Å²) in [5.41, 5.74) is 0. The fourth-order valence-electron chi connectivity index (χ4n) is 0.232. The van der Waals surface area contributed by atoms with Gasteiger partial charge in [0.1, 0.15) is 6.10 Å². The van der Waals surface area contributed by atoms with Gasteiger partial charge in [0.05, 0.1) is 0 Å². The summed E-state index contributed by atoms with van der Waals surface area (Å²) in [5.74, 6) is 4.44. The van der Waals surface area contributed by atoms with Crippen molar-refractivity contribution in [1.82, 2.24) is 0 Å². The zero-order valence-corrected chi connectivity index (χ0v) is 4.72. The highest BCUT2D eigenvalue weighted by Crippen LogP contribution is 1.83. The molecule has 0 aromatic rings. The summed E-state index contributed by atoms with van der Waals surface area (Å²) in [6, 6.07) is 0. The lowest BCUT2D eigenvalue weighted by molar-refractivity contribution is -0.103. The van der Waals surface area contributed by atoms with E-state index in [1.807, 2.05) is 0 Å². The second kappa shape index (κ2) is 4.35. The molecule has 0 spiro atoms. The Kier molecular flexibility index (Phi) is 3.91. The molecule has 1 unspecified atom stereocenters. The third-order valence-electron chi connectivity index (χ3n) is 0.696. The molecule has 2 heteroatoms. The van der Waals surface area contributed by atoms with Crippen LogP contribution in [0.25, 0.3) is 0 Å². The fraction of sp³-hybridized carbons (Fsp3) is 0.500. The first-order valence-electron chi connectivity index (χ1n) is 2.44. The van der Waals surface area contributed by atoms with Gasteiger partial charge in [-0.15, -0.1) is 0 Å².